The SMILES string of the molecule is NCCCn1nc2c(O)cccc2c1Br. The number of rotatable bonds is 3. The number of hydrogen-bond donors (Lipinski definition) is 2. The molecule has 1 aromatic heterocycles. The van der Waals surface area contributed by atoms with Crippen molar-refractivity contribution < 1.29 is 5.11 Å². The van der Waals surface area contributed by atoms with Gasteiger partial charge in [-0.25, -0.2) is 0 Å². The van der Waals surface area contributed by atoms with Gasteiger partial charge < -0.3 is 10.8 Å². The summed E-state index contributed by atoms with van der Waals surface area (Å²) >= 11 is 3.46. The zero-order valence-electron chi connectivity index (χ0n) is 8.15. The number of aryl methyl sites for hydroxylation is 1. The number of hydrogen-bond acceptors (Lipinski definition) is 3. The average molecular weight is 270 g/mol. The van der Waals surface area contributed by atoms with Crippen molar-refractivity contribution in [1.82, 2.24) is 9.78 Å². The second-order valence-electron chi connectivity index (χ2n) is 3.33. The van der Waals surface area contributed by atoms with Gasteiger partial charge in [-0.1, -0.05) is 6.07 Å². The van der Waals surface area contributed by atoms with Crippen molar-refractivity contribution in [2.24, 2.45) is 5.73 Å². The summed E-state index contributed by atoms with van der Waals surface area (Å²) < 4.78 is 2.71. The summed E-state index contributed by atoms with van der Waals surface area (Å²) in [6.45, 7) is 1.39. The Labute approximate surface area is 95.8 Å². The Balaban J connectivity index is 2.49. The molecule has 5 heteroatoms. The highest BCUT2D eigenvalue weighted by atomic mass is 79.9. The highest BCUT2D eigenvalue weighted by Gasteiger charge is 2.10. The number of nitrogens with zero attached hydrogens (tertiary/aromatic N) is 2. The molecule has 3 N–H and O–H groups in total. The summed E-state index contributed by atoms with van der Waals surface area (Å²) in [6.07, 6.45) is 0.868. The van der Waals surface area contributed by atoms with Crippen LogP contribution in [0.1, 0.15) is 6.42 Å². The van der Waals surface area contributed by atoms with Gasteiger partial charge in [-0.2, -0.15) is 5.10 Å². The molecule has 0 unspecified atom stereocenters. The topological polar surface area (TPSA) is 64.1 Å². The Hall–Kier alpha value is -1.07. The summed E-state index contributed by atoms with van der Waals surface area (Å²) in [6, 6.07) is 5.36. The third kappa shape index (κ3) is 1.85. The second-order valence-corrected chi connectivity index (χ2v) is 4.08. The number of halogens is 1. The van der Waals surface area contributed by atoms with E-state index in [0.29, 0.717) is 12.1 Å². The molecule has 0 aliphatic rings. The second kappa shape index (κ2) is 4.20. The van der Waals surface area contributed by atoms with Crippen molar-refractivity contribution in [1.29, 1.82) is 0 Å². The molecule has 2 aromatic rings. The Kier molecular flexibility index (Phi) is 2.93. The van der Waals surface area contributed by atoms with Crippen LogP contribution in [0.5, 0.6) is 5.75 Å². The van der Waals surface area contributed by atoms with E-state index in [-0.39, 0.29) is 5.75 Å². The molecule has 0 atom stereocenters. The fraction of sp³-hybridized carbons (Fsp3) is 0.300. The first-order valence-corrected chi connectivity index (χ1v) is 5.57. The number of phenols is 1. The van der Waals surface area contributed by atoms with Gasteiger partial charge in [0, 0.05) is 11.9 Å². The molecule has 0 spiro atoms. The zero-order valence-corrected chi connectivity index (χ0v) is 9.74. The summed E-state index contributed by atoms with van der Waals surface area (Å²) in [5, 5.41) is 14.8. The van der Waals surface area contributed by atoms with Gasteiger partial charge in [0.1, 0.15) is 15.9 Å². The molecule has 2 rings (SSSR count). The standard InChI is InChI=1S/C10H12BrN3O/c11-10-7-3-1-4-8(15)9(7)13-14(10)6-2-5-12/h1,3-4,15H,2,5-6,12H2. The molecule has 1 heterocycles. The molecule has 0 saturated carbocycles. The smallest absolute Gasteiger partial charge is 0.143 e. The Bertz CT molecular complexity index is 481. The van der Waals surface area contributed by atoms with E-state index in [1.54, 1.807) is 12.1 Å². The molecular formula is C10H12BrN3O. The first-order chi connectivity index (χ1) is 7.24. The molecule has 1 aromatic carbocycles. The summed E-state index contributed by atoms with van der Waals surface area (Å²) in [7, 11) is 0. The average Bonchev–Trinajstić information content (AvgIpc) is 2.55. The largest absolute Gasteiger partial charge is 0.506 e. The maximum absolute atomic E-state index is 9.61. The van der Waals surface area contributed by atoms with Crippen LogP contribution in [0.4, 0.5) is 0 Å². The lowest BCUT2D eigenvalue weighted by Crippen LogP contribution is -2.06. The lowest BCUT2D eigenvalue weighted by molar-refractivity contribution is 0.478. The molecule has 80 valence electrons. The van der Waals surface area contributed by atoms with E-state index in [9.17, 15) is 5.11 Å². The van der Waals surface area contributed by atoms with Crippen LogP contribution in [0, 0.1) is 0 Å². The first kappa shape index (κ1) is 10.4. The molecule has 0 bridgehead atoms. The van der Waals surface area contributed by atoms with Crippen LogP contribution >= 0.6 is 15.9 Å². The molecule has 15 heavy (non-hydrogen) atoms. The Morgan fingerprint density at radius 2 is 2.27 bits per heavy atom. The van der Waals surface area contributed by atoms with Gasteiger partial charge in [0.05, 0.1) is 0 Å². The van der Waals surface area contributed by atoms with Crippen LogP contribution < -0.4 is 5.73 Å². The van der Waals surface area contributed by atoms with Crippen molar-refractivity contribution in [3.8, 4) is 5.75 Å². The van der Waals surface area contributed by atoms with Crippen molar-refractivity contribution in [3.63, 3.8) is 0 Å². The van der Waals surface area contributed by atoms with E-state index in [1.807, 2.05) is 10.7 Å². The normalized spacial score (nSPS) is 11.1. The van der Waals surface area contributed by atoms with E-state index in [2.05, 4.69) is 21.0 Å². The third-order valence-electron chi connectivity index (χ3n) is 2.26. The number of aromatic nitrogens is 2. The number of fused-ring (bicyclic) bond motifs is 1. The number of phenolic OH excluding ortho intramolecular Hbond substituents is 1. The lowest BCUT2D eigenvalue weighted by Gasteiger charge is -2.00. The fourth-order valence-corrected chi connectivity index (χ4v) is 2.07. The molecule has 0 fully saturated rings. The fourth-order valence-electron chi connectivity index (χ4n) is 1.50. The van der Waals surface area contributed by atoms with Gasteiger partial charge in [0.15, 0.2) is 0 Å². The Morgan fingerprint density at radius 1 is 1.47 bits per heavy atom. The van der Waals surface area contributed by atoms with Crippen molar-refractivity contribution in [2.45, 2.75) is 13.0 Å². The number of nitrogens with two attached hydrogens (primary N) is 1. The maximum Gasteiger partial charge on any atom is 0.143 e. The van der Waals surface area contributed by atoms with Crippen LogP contribution in [-0.2, 0) is 6.54 Å². The van der Waals surface area contributed by atoms with Crippen molar-refractivity contribution >= 4 is 26.8 Å². The quantitative estimate of drug-likeness (QED) is 0.894. The molecule has 4 nitrogen and oxygen atoms in total. The Morgan fingerprint density at radius 3 is 2.93 bits per heavy atom. The van der Waals surface area contributed by atoms with Crippen LogP contribution in [0.2, 0.25) is 0 Å². The van der Waals surface area contributed by atoms with Crippen LogP contribution in [0.15, 0.2) is 22.8 Å². The summed E-state index contributed by atoms with van der Waals surface area (Å²) in [5.74, 6) is 0.208. The third-order valence-corrected chi connectivity index (χ3v) is 3.09. The molecule has 0 saturated heterocycles. The predicted octanol–water partition coefficient (Wildman–Crippen LogP) is 1.85. The van der Waals surface area contributed by atoms with Crippen LogP contribution in [0.3, 0.4) is 0 Å². The van der Waals surface area contributed by atoms with Crippen molar-refractivity contribution in [2.75, 3.05) is 6.54 Å². The highest BCUT2D eigenvalue weighted by Crippen LogP contribution is 2.29. The molecular weight excluding hydrogens is 258 g/mol. The van der Waals surface area contributed by atoms with E-state index in [0.717, 1.165) is 23.0 Å². The predicted molar refractivity (Wildman–Crippen MR) is 62.8 cm³/mol. The molecule has 0 amide bonds. The van der Waals surface area contributed by atoms with E-state index < -0.39 is 0 Å². The molecule has 0 aliphatic heterocycles. The van der Waals surface area contributed by atoms with Crippen molar-refractivity contribution in [3.05, 3.63) is 22.8 Å². The lowest BCUT2D eigenvalue weighted by atomic mass is 10.2. The number of aromatic hydroxyl groups is 1. The first-order valence-electron chi connectivity index (χ1n) is 4.78. The minimum Gasteiger partial charge on any atom is -0.506 e. The summed E-state index contributed by atoms with van der Waals surface area (Å²) in [5.41, 5.74) is 6.07. The van der Waals surface area contributed by atoms with Crippen LogP contribution in [-0.4, -0.2) is 21.4 Å². The summed E-state index contributed by atoms with van der Waals surface area (Å²) in [4.78, 5) is 0. The molecule has 0 radical (unpaired) electrons. The van der Waals surface area contributed by atoms with E-state index in [1.165, 1.54) is 0 Å². The minimum absolute atomic E-state index is 0.208. The minimum atomic E-state index is 0.208. The van der Waals surface area contributed by atoms with Crippen LogP contribution in [0.25, 0.3) is 10.9 Å². The maximum atomic E-state index is 9.61. The number of benzene rings is 1. The van der Waals surface area contributed by atoms with Gasteiger partial charge in [-0.15, -0.1) is 0 Å². The van der Waals surface area contributed by atoms with Gasteiger partial charge >= 0.3 is 0 Å². The zero-order chi connectivity index (χ0) is 10.8. The molecule has 0 aliphatic carbocycles. The highest BCUT2D eigenvalue weighted by molar-refractivity contribution is 9.10. The van der Waals surface area contributed by atoms with Gasteiger partial charge in [-0.3, -0.25) is 4.68 Å². The van der Waals surface area contributed by atoms with E-state index >= 15 is 0 Å². The van der Waals surface area contributed by atoms with Gasteiger partial charge in [-0.05, 0) is 41.0 Å². The van der Waals surface area contributed by atoms with Gasteiger partial charge in [0.25, 0.3) is 0 Å². The van der Waals surface area contributed by atoms with Gasteiger partial charge in [0.2, 0.25) is 0 Å². The monoisotopic (exact) mass is 269 g/mol. The van der Waals surface area contributed by atoms with E-state index in [4.69, 9.17) is 5.73 Å².